The van der Waals surface area contributed by atoms with Gasteiger partial charge in [-0.05, 0) is 160 Å². The summed E-state index contributed by atoms with van der Waals surface area (Å²) in [5, 5.41) is 7.87. The van der Waals surface area contributed by atoms with Crippen LogP contribution in [-0.4, -0.2) is 0 Å². The van der Waals surface area contributed by atoms with Gasteiger partial charge in [0.2, 0.25) is 0 Å². The van der Waals surface area contributed by atoms with Gasteiger partial charge in [-0.15, -0.1) is 0 Å². The number of hydrogen-bond acceptors (Lipinski definition) is 0. The zero-order valence-corrected chi connectivity index (χ0v) is 34.9. The number of hydrogen-bond donors (Lipinski definition) is 0. The van der Waals surface area contributed by atoms with E-state index in [4.69, 9.17) is 0 Å². The molecular formula is C60H48. The Morgan fingerprint density at radius 2 is 1.17 bits per heavy atom. The summed E-state index contributed by atoms with van der Waals surface area (Å²) in [6, 6.07) is 55.8. The lowest BCUT2D eigenvalue weighted by Gasteiger charge is -2.29. The van der Waals surface area contributed by atoms with Crippen LogP contribution in [0.25, 0.3) is 76.8 Å². The van der Waals surface area contributed by atoms with E-state index in [0.717, 1.165) is 19.3 Å². The fourth-order valence-corrected chi connectivity index (χ4v) is 11.6. The zero-order chi connectivity index (χ0) is 40.3. The maximum atomic E-state index is 2.61. The topological polar surface area (TPSA) is 0 Å². The fraction of sp³-hybridized carbons (Fsp3) is 0.167. The van der Waals surface area contributed by atoms with Crippen molar-refractivity contribution in [3.8, 4) is 33.4 Å². The van der Waals surface area contributed by atoms with Crippen LogP contribution in [0, 0.1) is 0 Å². The molecule has 8 aromatic carbocycles. The molecule has 0 nitrogen and oxygen atoms in total. The number of benzene rings is 8. The molecule has 0 heteroatoms. The highest BCUT2D eigenvalue weighted by molar-refractivity contribution is 6.25. The molecule has 0 aliphatic heterocycles. The summed E-state index contributed by atoms with van der Waals surface area (Å²) in [6.07, 6.45) is 15.0. The molecule has 0 saturated carbocycles. The first-order valence-electron chi connectivity index (χ1n) is 21.9. The van der Waals surface area contributed by atoms with Gasteiger partial charge < -0.3 is 0 Å². The van der Waals surface area contributed by atoms with Crippen molar-refractivity contribution in [1.82, 2.24) is 0 Å². The van der Waals surface area contributed by atoms with Crippen LogP contribution in [0.15, 0.2) is 182 Å². The van der Waals surface area contributed by atoms with Crippen LogP contribution in [0.3, 0.4) is 0 Å². The second-order valence-corrected chi connectivity index (χ2v) is 18.7. The van der Waals surface area contributed by atoms with E-state index >= 15 is 0 Å². The molecular weight excluding hydrogens is 721 g/mol. The molecule has 0 saturated heterocycles. The molecule has 12 rings (SSSR count). The fourth-order valence-electron chi connectivity index (χ4n) is 11.6. The van der Waals surface area contributed by atoms with Gasteiger partial charge in [-0.1, -0.05) is 179 Å². The molecule has 0 heterocycles. The van der Waals surface area contributed by atoms with Crippen molar-refractivity contribution in [3.63, 3.8) is 0 Å². The molecule has 4 aliphatic rings. The summed E-state index contributed by atoms with van der Waals surface area (Å²) in [4.78, 5) is 0. The molecule has 4 aliphatic carbocycles. The number of rotatable bonds is 4. The van der Waals surface area contributed by atoms with Crippen molar-refractivity contribution in [1.29, 1.82) is 0 Å². The van der Waals surface area contributed by atoms with Gasteiger partial charge in [-0.2, -0.15) is 0 Å². The van der Waals surface area contributed by atoms with E-state index in [0.29, 0.717) is 5.92 Å². The lowest BCUT2D eigenvalue weighted by Crippen LogP contribution is -2.19. The molecule has 1 atom stereocenters. The van der Waals surface area contributed by atoms with Crippen LogP contribution in [0.2, 0.25) is 0 Å². The summed E-state index contributed by atoms with van der Waals surface area (Å²) < 4.78 is 0. The molecule has 0 N–H and O–H groups in total. The maximum absolute atomic E-state index is 2.61. The molecule has 0 fully saturated rings. The second kappa shape index (κ2) is 13.0. The Bertz CT molecular complexity index is 3250. The molecule has 0 aromatic heterocycles. The Morgan fingerprint density at radius 3 is 1.97 bits per heavy atom. The molecule has 0 spiro atoms. The van der Waals surface area contributed by atoms with Gasteiger partial charge in [0.15, 0.2) is 0 Å². The van der Waals surface area contributed by atoms with Gasteiger partial charge >= 0.3 is 0 Å². The van der Waals surface area contributed by atoms with Gasteiger partial charge in [0.05, 0.1) is 0 Å². The second-order valence-electron chi connectivity index (χ2n) is 18.7. The van der Waals surface area contributed by atoms with Gasteiger partial charge in [-0.3, -0.25) is 0 Å². The highest BCUT2D eigenvalue weighted by Gasteiger charge is 2.41. The summed E-state index contributed by atoms with van der Waals surface area (Å²) in [5.74, 6) is 0.377. The van der Waals surface area contributed by atoms with Gasteiger partial charge in [0.1, 0.15) is 0 Å². The summed E-state index contributed by atoms with van der Waals surface area (Å²) in [7, 11) is 0. The zero-order valence-electron chi connectivity index (χ0n) is 34.9. The van der Waals surface area contributed by atoms with Crippen molar-refractivity contribution < 1.29 is 0 Å². The lowest BCUT2D eigenvalue weighted by atomic mass is 9.74. The minimum absolute atomic E-state index is 0.110. The first kappa shape index (κ1) is 35.4. The van der Waals surface area contributed by atoms with E-state index in [1.807, 2.05) is 0 Å². The first-order chi connectivity index (χ1) is 29.3. The maximum Gasteiger partial charge on any atom is 0.0159 e. The standard InChI is InChI=1S/C60H48/c1-59(2)54-32-42(38-19-10-6-11-20-38)28-30-45(54)48-34-50-51(35-55(48)59)57(40-22-12-7-13-23-40)49-33-47-44-29-27-41(37-17-8-5-9-18-37)31-53(44)60(3,4)56(47)36-52(49)58(50)46-26-16-24-39-21-14-15-25-43(39)46/h5-8,10-17,19-31,33-36,42H,9,18,32H2,1-4H3. The lowest BCUT2D eigenvalue weighted by molar-refractivity contribution is 0.591. The smallest absolute Gasteiger partial charge is 0.0159 e. The highest BCUT2D eigenvalue weighted by Crippen LogP contribution is 2.58. The van der Waals surface area contributed by atoms with Gasteiger partial charge in [0, 0.05) is 16.7 Å². The largest absolute Gasteiger partial charge is 0.0842 e. The molecule has 0 amide bonds. The van der Waals surface area contributed by atoms with Crippen LogP contribution in [0.4, 0.5) is 0 Å². The molecule has 0 radical (unpaired) electrons. The Labute approximate surface area is 353 Å². The minimum Gasteiger partial charge on any atom is -0.0842 e. The Balaban J connectivity index is 1.18. The summed E-state index contributed by atoms with van der Waals surface area (Å²) in [6.45, 7) is 9.83. The van der Waals surface area contributed by atoms with Crippen molar-refractivity contribution in [2.75, 3.05) is 0 Å². The van der Waals surface area contributed by atoms with Crippen molar-refractivity contribution >= 4 is 43.5 Å². The van der Waals surface area contributed by atoms with Crippen LogP contribution >= 0.6 is 0 Å². The summed E-state index contributed by atoms with van der Waals surface area (Å²) in [5.41, 5.74) is 20.5. The summed E-state index contributed by atoms with van der Waals surface area (Å²) >= 11 is 0. The Morgan fingerprint density at radius 1 is 0.500 bits per heavy atom. The SMILES string of the molecule is CC1(C)C2=C(C=CC(c3ccccc3)C2)c2cc3c(-c4cccc5ccccc45)c4cc5c(cc4c(-c4ccccc4)c3cc21)-c1ccc(C2=CC=CCC2)cc1C5(C)C. The van der Waals surface area contributed by atoms with Crippen LogP contribution < -0.4 is 0 Å². The molecule has 1 unspecified atom stereocenters. The van der Waals surface area contributed by atoms with E-state index in [2.05, 4.69) is 204 Å². The predicted octanol–water partition coefficient (Wildman–Crippen LogP) is 16.3. The Hall–Kier alpha value is -6.50. The predicted molar refractivity (Wildman–Crippen MR) is 257 cm³/mol. The van der Waals surface area contributed by atoms with Crippen LogP contribution in [0.5, 0.6) is 0 Å². The quantitative estimate of drug-likeness (QED) is 0.156. The molecule has 0 bridgehead atoms. The van der Waals surface area contributed by atoms with E-state index in [1.165, 1.54) is 110 Å². The third kappa shape index (κ3) is 5.10. The van der Waals surface area contributed by atoms with E-state index in [-0.39, 0.29) is 10.8 Å². The van der Waals surface area contributed by atoms with Crippen molar-refractivity contribution in [2.45, 2.75) is 63.7 Å². The molecule has 60 heavy (non-hydrogen) atoms. The third-order valence-corrected chi connectivity index (χ3v) is 14.7. The van der Waals surface area contributed by atoms with Gasteiger partial charge in [0.25, 0.3) is 0 Å². The average molecular weight is 769 g/mol. The minimum atomic E-state index is -0.165. The van der Waals surface area contributed by atoms with E-state index in [1.54, 1.807) is 5.57 Å². The first-order valence-corrected chi connectivity index (χ1v) is 21.9. The van der Waals surface area contributed by atoms with Crippen molar-refractivity contribution in [3.05, 3.63) is 215 Å². The average Bonchev–Trinajstić information content (AvgIpc) is 3.65. The molecule has 8 aromatic rings. The van der Waals surface area contributed by atoms with E-state index in [9.17, 15) is 0 Å². The van der Waals surface area contributed by atoms with Crippen molar-refractivity contribution in [2.24, 2.45) is 0 Å². The van der Waals surface area contributed by atoms with Gasteiger partial charge in [-0.25, -0.2) is 0 Å². The highest BCUT2D eigenvalue weighted by atomic mass is 14.4. The normalized spacial score (nSPS) is 18.1. The third-order valence-electron chi connectivity index (χ3n) is 14.7. The number of allylic oxidation sites excluding steroid dienone is 8. The van der Waals surface area contributed by atoms with Crippen LogP contribution in [0.1, 0.15) is 86.3 Å². The molecule has 288 valence electrons. The monoisotopic (exact) mass is 768 g/mol. The van der Waals surface area contributed by atoms with E-state index < -0.39 is 0 Å². The van der Waals surface area contributed by atoms with Crippen LogP contribution in [-0.2, 0) is 10.8 Å². The Kier molecular flexibility index (Phi) is 7.68. The number of fused-ring (bicyclic) bond motifs is 8.